The van der Waals surface area contributed by atoms with Crippen LogP contribution in [0, 0.1) is 0 Å². The first-order chi connectivity index (χ1) is 14.4. The van der Waals surface area contributed by atoms with Gasteiger partial charge in [-0.3, -0.25) is 4.79 Å². The highest BCUT2D eigenvalue weighted by atomic mass is 32.2. The molecule has 3 heterocycles. The van der Waals surface area contributed by atoms with Gasteiger partial charge in [0.1, 0.15) is 16.1 Å². The molecule has 2 aliphatic rings. The Bertz CT molecular complexity index is 1200. The van der Waals surface area contributed by atoms with Gasteiger partial charge in [0.15, 0.2) is 0 Å². The molecule has 1 N–H and O–H groups in total. The number of aromatic nitrogens is 1. The number of nitrogens with zero attached hydrogens (tertiary/aromatic N) is 2. The molecular weight excluding hydrogens is 438 g/mol. The maximum atomic E-state index is 13.1. The topological polar surface area (TPSA) is 79.4 Å². The molecule has 1 saturated heterocycles. The number of para-hydroxylation sites is 1. The number of amides is 1. The third kappa shape index (κ3) is 3.57. The van der Waals surface area contributed by atoms with E-state index in [0.717, 1.165) is 51.5 Å². The number of aryl methyl sites for hydroxylation is 1. The lowest BCUT2D eigenvalue weighted by Gasteiger charge is -2.21. The number of nitrogens with one attached hydrogen (secondary N) is 1. The van der Waals surface area contributed by atoms with Crippen molar-refractivity contribution in [3.05, 3.63) is 34.7 Å². The van der Waals surface area contributed by atoms with Gasteiger partial charge in [0.25, 0.3) is 0 Å². The van der Waals surface area contributed by atoms with E-state index < -0.39 is 16.1 Å². The van der Waals surface area contributed by atoms with Crippen molar-refractivity contribution >= 4 is 53.8 Å². The lowest BCUT2D eigenvalue weighted by molar-refractivity contribution is -0.119. The summed E-state index contributed by atoms with van der Waals surface area (Å²) in [6.07, 6.45) is 6.75. The Kier molecular flexibility index (Phi) is 5.17. The van der Waals surface area contributed by atoms with Crippen LogP contribution in [0.4, 0.5) is 5.00 Å². The van der Waals surface area contributed by atoms with E-state index in [9.17, 15) is 13.2 Å². The molecule has 1 aliphatic heterocycles. The number of fused-ring (bicyclic) bond motifs is 2. The van der Waals surface area contributed by atoms with Gasteiger partial charge in [0, 0.05) is 17.0 Å². The Labute approximate surface area is 184 Å². The highest BCUT2D eigenvalue weighted by molar-refractivity contribution is 7.88. The average molecular weight is 462 g/mol. The maximum absolute atomic E-state index is 13.1. The number of thiophene rings is 1. The molecule has 0 bridgehead atoms. The van der Waals surface area contributed by atoms with Crippen molar-refractivity contribution in [1.29, 1.82) is 0 Å². The zero-order valence-electron chi connectivity index (χ0n) is 16.7. The summed E-state index contributed by atoms with van der Waals surface area (Å²) in [5, 5.41) is 4.83. The minimum absolute atomic E-state index is 0.237. The molecule has 0 saturated carbocycles. The number of sulfonamides is 1. The van der Waals surface area contributed by atoms with Crippen LogP contribution < -0.4 is 5.32 Å². The lowest BCUT2D eigenvalue weighted by atomic mass is 9.95. The molecular formula is C21H23N3O3S3. The Morgan fingerprint density at radius 2 is 1.97 bits per heavy atom. The van der Waals surface area contributed by atoms with Crippen LogP contribution in [0.15, 0.2) is 24.3 Å². The first kappa shape index (κ1) is 20.1. The molecule has 2 aromatic heterocycles. The largest absolute Gasteiger partial charge is 0.316 e. The number of hydrogen-bond acceptors (Lipinski definition) is 6. The first-order valence-electron chi connectivity index (χ1n) is 10.2. The van der Waals surface area contributed by atoms with E-state index in [1.165, 1.54) is 21.0 Å². The van der Waals surface area contributed by atoms with Crippen LogP contribution in [-0.2, 0) is 27.7 Å². The minimum atomic E-state index is -3.41. The van der Waals surface area contributed by atoms with Crippen molar-refractivity contribution < 1.29 is 13.2 Å². The standard InChI is InChI=1S/C21H23N3O3S3/c1-30(26,27)24-12-6-9-15(24)19(25)23-21-18(13-7-2-4-10-16(13)28-21)20-22-14-8-3-5-11-17(14)29-20/h3,5,8,11,15H,2,4,6-7,9-10,12H2,1H3,(H,23,25). The normalized spacial score (nSPS) is 19.8. The second-order valence-corrected chi connectivity index (χ2v) is 12.0. The van der Waals surface area contributed by atoms with Crippen molar-refractivity contribution in [3.8, 4) is 10.6 Å². The quantitative estimate of drug-likeness (QED) is 0.629. The van der Waals surface area contributed by atoms with E-state index >= 15 is 0 Å². The predicted molar refractivity (Wildman–Crippen MR) is 123 cm³/mol. The Morgan fingerprint density at radius 3 is 2.77 bits per heavy atom. The molecule has 1 amide bonds. The van der Waals surface area contributed by atoms with E-state index in [1.807, 2.05) is 18.2 Å². The molecule has 0 spiro atoms. The molecule has 1 aromatic carbocycles. The summed E-state index contributed by atoms with van der Waals surface area (Å²) < 4.78 is 26.6. The van der Waals surface area contributed by atoms with Crippen LogP contribution in [0.2, 0.25) is 0 Å². The summed E-state index contributed by atoms with van der Waals surface area (Å²) >= 11 is 3.27. The van der Waals surface area contributed by atoms with Crippen LogP contribution in [-0.4, -0.2) is 42.5 Å². The number of thiazole rings is 1. The monoisotopic (exact) mass is 461 g/mol. The highest BCUT2D eigenvalue weighted by Gasteiger charge is 2.37. The van der Waals surface area contributed by atoms with Crippen LogP contribution in [0.3, 0.4) is 0 Å². The fourth-order valence-corrected chi connectivity index (χ4v) is 7.98. The second-order valence-electron chi connectivity index (χ2n) is 7.92. The van der Waals surface area contributed by atoms with E-state index in [-0.39, 0.29) is 5.91 Å². The van der Waals surface area contributed by atoms with Gasteiger partial charge < -0.3 is 5.32 Å². The third-order valence-corrected chi connectivity index (χ3v) is 9.40. The number of anilines is 1. The number of benzene rings is 1. The van der Waals surface area contributed by atoms with Crippen molar-refractivity contribution in [1.82, 2.24) is 9.29 Å². The first-order valence-corrected chi connectivity index (χ1v) is 13.7. The van der Waals surface area contributed by atoms with Crippen molar-refractivity contribution in [3.63, 3.8) is 0 Å². The van der Waals surface area contributed by atoms with Gasteiger partial charge in [-0.05, 0) is 56.2 Å². The molecule has 30 heavy (non-hydrogen) atoms. The zero-order chi connectivity index (χ0) is 20.9. The molecule has 9 heteroatoms. The molecule has 1 fully saturated rings. The van der Waals surface area contributed by atoms with Gasteiger partial charge in [-0.15, -0.1) is 22.7 Å². The van der Waals surface area contributed by atoms with Crippen molar-refractivity contribution in [2.24, 2.45) is 0 Å². The zero-order valence-corrected chi connectivity index (χ0v) is 19.1. The fraction of sp³-hybridized carbons (Fsp3) is 0.429. The van der Waals surface area contributed by atoms with Crippen LogP contribution in [0.1, 0.15) is 36.1 Å². The maximum Gasteiger partial charge on any atom is 0.243 e. The predicted octanol–water partition coefficient (Wildman–Crippen LogP) is 4.27. The third-order valence-electron chi connectivity index (χ3n) is 5.85. The molecule has 158 valence electrons. The van der Waals surface area contributed by atoms with Crippen LogP contribution in [0.25, 0.3) is 20.8 Å². The van der Waals surface area contributed by atoms with Gasteiger partial charge >= 0.3 is 0 Å². The van der Waals surface area contributed by atoms with Crippen molar-refractivity contribution in [2.45, 2.75) is 44.6 Å². The Morgan fingerprint density at radius 1 is 1.17 bits per heavy atom. The SMILES string of the molecule is CS(=O)(=O)N1CCCC1C(=O)Nc1sc2c(c1-c1nc3ccccc3s1)CCCC2. The molecule has 6 nitrogen and oxygen atoms in total. The smallest absolute Gasteiger partial charge is 0.243 e. The number of hydrogen-bond donors (Lipinski definition) is 1. The summed E-state index contributed by atoms with van der Waals surface area (Å²) in [7, 11) is -3.41. The summed E-state index contributed by atoms with van der Waals surface area (Å²) in [5.74, 6) is -0.237. The fourth-order valence-electron chi connectivity index (χ4n) is 4.45. The van der Waals surface area contributed by atoms with Crippen LogP contribution in [0.5, 0.6) is 0 Å². The summed E-state index contributed by atoms with van der Waals surface area (Å²) in [5.41, 5.74) is 3.30. The molecule has 0 radical (unpaired) electrons. The van der Waals surface area contributed by atoms with E-state index in [1.54, 1.807) is 22.7 Å². The lowest BCUT2D eigenvalue weighted by Crippen LogP contribution is -2.42. The number of rotatable bonds is 4. The van der Waals surface area contributed by atoms with Crippen molar-refractivity contribution in [2.75, 3.05) is 18.1 Å². The molecule has 1 atom stereocenters. The van der Waals surface area contributed by atoms with E-state index in [2.05, 4.69) is 11.4 Å². The average Bonchev–Trinajstić information content (AvgIpc) is 3.42. The van der Waals surface area contributed by atoms with E-state index in [4.69, 9.17) is 4.98 Å². The molecule has 1 aliphatic carbocycles. The minimum Gasteiger partial charge on any atom is -0.316 e. The van der Waals surface area contributed by atoms with Gasteiger partial charge in [0.2, 0.25) is 15.9 Å². The Hall–Kier alpha value is -1.81. The molecule has 1 unspecified atom stereocenters. The van der Waals surface area contributed by atoms with Gasteiger partial charge in [-0.1, -0.05) is 12.1 Å². The van der Waals surface area contributed by atoms with Gasteiger partial charge in [-0.2, -0.15) is 4.31 Å². The summed E-state index contributed by atoms with van der Waals surface area (Å²) in [4.78, 5) is 19.3. The number of carbonyl (C=O) groups excluding carboxylic acids is 1. The molecule has 3 aromatic rings. The summed E-state index contributed by atoms with van der Waals surface area (Å²) in [6, 6.07) is 7.43. The van der Waals surface area contributed by atoms with Crippen LogP contribution >= 0.6 is 22.7 Å². The molecule has 5 rings (SSSR count). The number of carbonyl (C=O) groups is 1. The van der Waals surface area contributed by atoms with Gasteiger partial charge in [0.05, 0.1) is 16.5 Å². The Balaban J connectivity index is 1.54. The summed E-state index contributed by atoms with van der Waals surface area (Å²) in [6.45, 7) is 0.405. The van der Waals surface area contributed by atoms with Gasteiger partial charge in [-0.25, -0.2) is 13.4 Å². The second kappa shape index (κ2) is 7.71. The van der Waals surface area contributed by atoms with E-state index in [0.29, 0.717) is 19.4 Å². The highest BCUT2D eigenvalue weighted by Crippen LogP contribution is 2.46.